The third kappa shape index (κ3) is 5.36. The van der Waals surface area contributed by atoms with Crippen molar-refractivity contribution in [1.29, 1.82) is 0 Å². The molecule has 0 aromatic heterocycles. The monoisotopic (exact) mass is 243 g/mol. The Morgan fingerprint density at radius 1 is 0.941 bits per heavy atom. The van der Waals surface area contributed by atoms with E-state index in [1.54, 1.807) is 0 Å². The number of aliphatic hydroxyl groups excluding tert-OH is 2. The van der Waals surface area contributed by atoms with Gasteiger partial charge < -0.3 is 15.9 Å². The van der Waals surface area contributed by atoms with Gasteiger partial charge in [-0.15, -0.1) is 0 Å². The summed E-state index contributed by atoms with van der Waals surface area (Å²) in [5.41, 5.74) is 5.44. The molecule has 1 aliphatic rings. The second kappa shape index (κ2) is 8.06. The van der Waals surface area contributed by atoms with Crippen LogP contribution < -0.4 is 5.73 Å². The quantitative estimate of drug-likeness (QED) is 0.600. The molecule has 17 heavy (non-hydrogen) atoms. The number of hydrogen-bond donors (Lipinski definition) is 3. The van der Waals surface area contributed by atoms with Crippen LogP contribution >= 0.6 is 0 Å². The van der Waals surface area contributed by atoms with Crippen LogP contribution in [0.2, 0.25) is 0 Å². The molecule has 0 aliphatic heterocycles. The Kier molecular flexibility index (Phi) is 7.09. The summed E-state index contributed by atoms with van der Waals surface area (Å²) >= 11 is 0. The first-order valence-electron chi connectivity index (χ1n) is 7.21. The SMILES string of the molecule is CC1CC(O)C(CCCCCCCN)C(O)C1. The predicted octanol–water partition coefficient (Wildman–Crippen LogP) is 2.05. The molecule has 0 aromatic carbocycles. The summed E-state index contributed by atoms with van der Waals surface area (Å²) < 4.78 is 0. The third-order valence-electron chi connectivity index (χ3n) is 4.02. The summed E-state index contributed by atoms with van der Waals surface area (Å²) in [7, 11) is 0. The summed E-state index contributed by atoms with van der Waals surface area (Å²) in [5, 5.41) is 19.9. The van der Waals surface area contributed by atoms with Crippen molar-refractivity contribution in [2.24, 2.45) is 17.6 Å². The van der Waals surface area contributed by atoms with Gasteiger partial charge in [0.2, 0.25) is 0 Å². The van der Waals surface area contributed by atoms with E-state index in [1.807, 2.05) is 0 Å². The summed E-state index contributed by atoms with van der Waals surface area (Å²) in [5.74, 6) is 0.571. The van der Waals surface area contributed by atoms with Gasteiger partial charge in [0.15, 0.2) is 0 Å². The van der Waals surface area contributed by atoms with Crippen molar-refractivity contribution in [3.05, 3.63) is 0 Å². The number of rotatable bonds is 7. The Morgan fingerprint density at radius 3 is 2.06 bits per heavy atom. The summed E-state index contributed by atoms with van der Waals surface area (Å²) in [4.78, 5) is 0. The fourth-order valence-electron chi connectivity index (χ4n) is 2.97. The second-order valence-electron chi connectivity index (χ2n) is 5.72. The molecule has 102 valence electrons. The van der Waals surface area contributed by atoms with Gasteiger partial charge in [-0.3, -0.25) is 0 Å². The third-order valence-corrected chi connectivity index (χ3v) is 4.02. The van der Waals surface area contributed by atoms with Crippen LogP contribution in [0.15, 0.2) is 0 Å². The van der Waals surface area contributed by atoms with Crippen molar-refractivity contribution in [1.82, 2.24) is 0 Å². The molecule has 0 aromatic rings. The van der Waals surface area contributed by atoms with Gasteiger partial charge in [0.05, 0.1) is 12.2 Å². The summed E-state index contributed by atoms with van der Waals surface area (Å²) in [6.45, 7) is 2.90. The van der Waals surface area contributed by atoms with Crippen LogP contribution in [0.3, 0.4) is 0 Å². The van der Waals surface area contributed by atoms with Gasteiger partial charge in [-0.2, -0.15) is 0 Å². The number of unbranched alkanes of at least 4 members (excludes halogenated alkanes) is 4. The smallest absolute Gasteiger partial charge is 0.0595 e. The highest BCUT2D eigenvalue weighted by Gasteiger charge is 2.33. The molecule has 0 heterocycles. The molecule has 1 fully saturated rings. The molecule has 0 bridgehead atoms. The Bertz CT molecular complexity index is 187. The van der Waals surface area contributed by atoms with Gasteiger partial charge in [0, 0.05) is 5.92 Å². The van der Waals surface area contributed by atoms with Crippen LogP contribution in [0.4, 0.5) is 0 Å². The largest absolute Gasteiger partial charge is 0.393 e. The molecule has 2 unspecified atom stereocenters. The molecule has 3 heteroatoms. The zero-order chi connectivity index (χ0) is 12.7. The van der Waals surface area contributed by atoms with Crippen LogP contribution in [0.1, 0.15) is 58.3 Å². The van der Waals surface area contributed by atoms with Gasteiger partial charge in [0.1, 0.15) is 0 Å². The highest BCUT2D eigenvalue weighted by Crippen LogP contribution is 2.32. The Hall–Kier alpha value is -0.120. The van der Waals surface area contributed by atoms with Crippen LogP contribution in [0, 0.1) is 11.8 Å². The maximum atomic E-state index is 9.97. The van der Waals surface area contributed by atoms with Gasteiger partial charge in [0.25, 0.3) is 0 Å². The Morgan fingerprint density at radius 2 is 1.47 bits per heavy atom. The molecular formula is C14H29NO2. The van der Waals surface area contributed by atoms with E-state index in [0.29, 0.717) is 5.92 Å². The molecule has 1 rings (SSSR count). The molecule has 0 radical (unpaired) electrons. The van der Waals surface area contributed by atoms with E-state index in [0.717, 1.165) is 38.6 Å². The first kappa shape index (κ1) is 14.9. The lowest BCUT2D eigenvalue weighted by atomic mass is 9.76. The van der Waals surface area contributed by atoms with E-state index in [-0.39, 0.29) is 18.1 Å². The molecule has 0 saturated heterocycles. The molecule has 0 spiro atoms. The first-order chi connectivity index (χ1) is 8.15. The molecule has 1 aliphatic carbocycles. The topological polar surface area (TPSA) is 66.5 Å². The highest BCUT2D eigenvalue weighted by molar-refractivity contribution is 4.84. The van der Waals surface area contributed by atoms with Crippen LogP contribution in [0.25, 0.3) is 0 Å². The summed E-state index contributed by atoms with van der Waals surface area (Å²) in [6, 6.07) is 0. The van der Waals surface area contributed by atoms with E-state index in [1.165, 1.54) is 19.3 Å². The van der Waals surface area contributed by atoms with Crippen molar-refractivity contribution in [2.45, 2.75) is 70.5 Å². The minimum absolute atomic E-state index is 0.112. The Labute approximate surface area is 105 Å². The van der Waals surface area contributed by atoms with E-state index >= 15 is 0 Å². The highest BCUT2D eigenvalue weighted by atomic mass is 16.3. The molecular weight excluding hydrogens is 214 g/mol. The molecule has 4 N–H and O–H groups in total. The number of hydrogen-bond acceptors (Lipinski definition) is 3. The van der Waals surface area contributed by atoms with Crippen molar-refractivity contribution in [3.63, 3.8) is 0 Å². The Balaban J connectivity index is 2.13. The average molecular weight is 243 g/mol. The predicted molar refractivity (Wildman–Crippen MR) is 70.7 cm³/mol. The molecule has 0 amide bonds. The maximum Gasteiger partial charge on any atom is 0.0595 e. The van der Waals surface area contributed by atoms with Crippen molar-refractivity contribution in [3.8, 4) is 0 Å². The van der Waals surface area contributed by atoms with E-state index in [4.69, 9.17) is 5.73 Å². The lowest BCUT2D eigenvalue weighted by Crippen LogP contribution is -2.39. The van der Waals surface area contributed by atoms with Crippen molar-refractivity contribution >= 4 is 0 Å². The minimum Gasteiger partial charge on any atom is -0.393 e. The first-order valence-corrected chi connectivity index (χ1v) is 7.21. The van der Waals surface area contributed by atoms with Gasteiger partial charge >= 0.3 is 0 Å². The van der Waals surface area contributed by atoms with Crippen molar-refractivity contribution < 1.29 is 10.2 Å². The molecule has 1 saturated carbocycles. The fraction of sp³-hybridized carbons (Fsp3) is 1.00. The number of nitrogens with two attached hydrogens (primary N) is 1. The van der Waals surface area contributed by atoms with E-state index in [2.05, 4.69) is 6.92 Å². The van der Waals surface area contributed by atoms with E-state index in [9.17, 15) is 10.2 Å². The molecule has 2 atom stereocenters. The zero-order valence-corrected chi connectivity index (χ0v) is 11.1. The second-order valence-corrected chi connectivity index (χ2v) is 5.72. The minimum atomic E-state index is -0.294. The maximum absolute atomic E-state index is 9.97. The zero-order valence-electron chi connectivity index (χ0n) is 11.1. The van der Waals surface area contributed by atoms with E-state index < -0.39 is 0 Å². The fourth-order valence-corrected chi connectivity index (χ4v) is 2.97. The van der Waals surface area contributed by atoms with Gasteiger partial charge in [-0.05, 0) is 38.1 Å². The standard InChI is InChI=1S/C14H29NO2/c1-11-9-13(16)12(14(17)10-11)7-5-3-2-4-6-8-15/h11-14,16-17H,2-10,15H2,1H3. The lowest BCUT2D eigenvalue weighted by molar-refractivity contribution is -0.0457. The van der Waals surface area contributed by atoms with Gasteiger partial charge in [-0.1, -0.05) is 32.6 Å². The van der Waals surface area contributed by atoms with Crippen LogP contribution in [-0.2, 0) is 0 Å². The van der Waals surface area contributed by atoms with Crippen molar-refractivity contribution in [2.75, 3.05) is 6.54 Å². The average Bonchev–Trinajstić information content (AvgIpc) is 2.26. The summed E-state index contributed by atoms with van der Waals surface area (Å²) in [6.07, 6.45) is 7.97. The number of aliphatic hydroxyl groups is 2. The molecule has 3 nitrogen and oxygen atoms in total. The van der Waals surface area contributed by atoms with Crippen LogP contribution in [0.5, 0.6) is 0 Å². The normalized spacial score (nSPS) is 33.9. The lowest BCUT2D eigenvalue weighted by Gasteiger charge is -2.35. The van der Waals surface area contributed by atoms with Gasteiger partial charge in [-0.25, -0.2) is 0 Å². The van der Waals surface area contributed by atoms with Crippen LogP contribution in [-0.4, -0.2) is 29.0 Å².